The van der Waals surface area contributed by atoms with Gasteiger partial charge in [0, 0.05) is 11.4 Å². The van der Waals surface area contributed by atoms with Crippen LogP contribution in [0.1, 0.15) is 16.1 Å². The van der Waals surface area contributed by atoms with E-state index in [2.05, 4.69) is 10.4 Å². The summed E-state index contributed by atoms with van der Waals surface area (Å²) >= 11 is 0. The van der Waals surface area contributed by atoms with Crippen LogP contribution in [0.5, 0.6) is 0 Å². The van der Waals surface area contributed by atoms with E-state index in [0.717, 1.165) is 0 Å². The Morgan fingerprint density at radius 2 is 1.74 bits per heavy atom. The maximum atomic E-state index is 12.9. The number of aromatic amines is 1. The van der Waals surface area contributed by atoms with Gasteiger partial charge >= 0.3 is 0 Å². The van der Waals surface area contributed by atoms with E-state index in [4.69, 9.17) is 0 Å². The van der Waals surface area contributed by atoms with Gasteiger partial charge in [0.25, 0.3) is 11.5 Å². The van der Waals surface area contributed by atoms with Crippen molar-refractivity contribution < 1.29 is 9.18 Å². The number of carbonyl (C=O) groups excluding carboxylic acids is 1. The lowest BCUT2D eigenvalue weighted by Gasteiger charge is -2.03. The van der Waals surface area contributed by atoms with E-state index in [1.807, 2.05) is 6.07 Å². The molecule has 1 amide bonds. The van der Waals surface area contributed by atoms with Crippen molar-refractivity contribution in [1.29, 1.82) is 0 Å². The molecule has 0 bridgehead atoms. The molecular weight excluding hydrogens is 297 g/mol. The molecule has 0 radical (unpaired) electrons. The molecule has 0 saturated carbocycles. The van der Waals surface area contributed by atoms with Gasteiger partial charge in [-0.2, -0.15) is 0 Å². The minimum Gasteiger partial charge on any atom is -0.322 e. The van der Waals surface area contributed by atoms with E-state index in [-0.39, 0.29) is 5.56 Å². The standard InChI is InChI=1S/C17H14FN3O2/c1-11-15(16(22)19-13-9-7-12(18)8-10-13)17(23)21(20-11)14-5-3-2-4-6-14/h2-10,20H,1H3,(H,19,22). The average molecular weight is 311 g/mol. The summed E-state index contributed by atoms with van der Waals surface area (Å²) in [6.07, 6.45) is 0. The normalized spacial score (nSPS) is 10.5. The molecule has 23 heavy (non-hydrogen) atoms. The number of H-pyrrole nitrogens is 1. The Bertz CT molecular complexity index is 896. The smallest absolute Gasteiger partial charge is 0.284 e. The van der Waals surface area contributed by atoms with Crippen molar-refractivity contribution in [2.75, 3.05) is 5.32 Å². The molecule has 0 saturated heterocycles. The fraction of sp³-hybridized carbons (Fsp3) is 0.0588. The lowest BCUT2D eigenvalue weighted by Crippen LogP contribution is -2.24. The van der Waals surface area contributed by atoms with E-state index in [1.165, 1.54) is 28.9 Å². The highest BCUT2D eigenvalue weighted by Crippen LogP contribution is 2.12. The maximum absolute atomic E-state index is 12.9. The first-order valence-corrected chi connectivity index (χ1v) is 7.00. The fourth-order valence-corrected chi connectivity index (χ4v) is 2.30. The molecular formula is C17H14FN3O2. The summed E-state index contributed by atoms with van der Waals surface area (Å²) in [4.78, 5) is 24.8. The zero-order valence-electron chi connectivity index (χ0n) is 12.3. The summed E-state index contributed by atoms with van der Waals surface area (Å²) in [7, 11) is 0. The summed E-state index contributed by atoms with van der Waals surface area (Å²) in [6, 6.07) is 14.3. The minimum atomic E-state index is -0.537. The van der Waals surface area contributed by atoms with Crippen LogP contribution in [0.15, 0.2) is 59.4 Å². The third-order valence-electron chi connectivity index (χ3n) is 3.42. The van der Waals surface area contributed by atoms with Crippen molar-refractivity contribution in [2.45, 2.75) is 6.92 Å². The van der Waals surface area contributed by atoms with Crippen molar-refractivity contribution >= 4 is 11.6 Å². The first-order chi connectivity index (χ1) is 11.1. The van der Waals surface area contributed by atoms with Crippen molar-refractivity contribution in [3.05, 3.63) is 82.0 Å². The fourth-order valence-electron chi connectivity index (χ4n) is 2.30. The van der Waals surface area contributed by atoms with Gasteiger partial charge in [-0.3, -0.25) is 14.7 Å². The lowest BCUT2D eigenvalue weighted by atomic mass is 10.2. The summed E-state index contributed by atoms with van der Waals surface area (Å²) in [6.45, 7) is 1.65. The van der Waals surface area contributed by atoms with E-state index >= 15 is 0 Å². The zero-order chi connectivity index (χ0) is 16.4. The van der Waals surface area contributed by atoms with Gasteiger partial charge in [0.1, 0.15) is 11.4 Å². The molecule has 0 unspecified atom stereocenters. The number of amides is 1. The van der Waals surface area contributed by atoms with E-state index < -0.39 is 17.3 Å². The van der Waals surface area contributed by atoms with Crippen molar-refractivity contribution in [1.82, 2.24) is 9.78 Å². The van der Waals surface area contributed by atoms with Gasteiger partial charge < -0.3 is 5.32 Å². The van der Waals surface area contributed by atoms with E-state index in [0.29, 0.717) is 17.1 Å². The Morgan fingerprint density at radius 3 is 2.39 bits per heavy atom. The molecule has 3 rings (SSSR count). The number of carbonyl (C=O) groups is 1. The lowest BCUT2D eigenvalue weighted by molar-refractivity contribution is 0.102. The Kier molecular flexibility index (Phi) is 3.80. The highest BCUT2D eigenvalue weighted by Gasteiger charge is 2.19. The van der Waals surface area contributed by atoms with Gasteiger partial charge in [-0.1, -0.05) is 18.2 Å². The number of benzene rings is 2. The molecule has 2 aromatic carbocycles. The number of para-hydroxylation sites is 1. The predicted octanol–water partition coefficient (Wildman–Crippen LogP) is 2.87. The van der Waals surface area contributed by atoms with Crippen molar-refractivity contribution in [2.24, 2.45) is 0 Å². The summed E-state index contributed by atoms with van der Waals surface area (Å²) in [5.74, 6) is -0.933. The molecule has 6 heteroatoms. The molecule has 0 aliphatic rings. The minimum absolute atomic E-state index is 0.0261. The van der Waals surface area contributed by atoms with E-state index in [1.54, 1.807) is 31.2 Å². The number of hydrogen-bond donors (Lipinski definition) is 2. The Hall–Kier alpha value is -3.15. The highest BCUT2D eigenvalue weighted by molar-refractivity contribution is 6.04. The quantitative estimate of drug-likeness (QED) is 0.781. The van der Waals surface area contributed by atoms with Gasteiger partial charge in [0.05, 0.1) is 5.69 Å². The van der Waals surface area contributed by atoms with Crippen LogP contribution in [0.2, 0.25) is 0 Å². The first kappa shape index (κ1) is 14.8. The number of nitrogens with one attached hydrogen (secondary N) is 2. The highest BCUT2D eigenvalue weighted by atomic mass is 19.1. The van der Waals surface area contributed by atoms with Crippen molar-refractivity contribution in [3.8, 4) is 5.69 Å². The van der Waals surface area contributed by atoms with Crippen LogP contribution in [0, 0.1) is 12.7 Å². The molecule has 1 aromatic heterocycles. The monoisotopic (exact) mass is 311 g/mol. The molecule has 116 valence electrons. The van der Waals surface area contributed by atoms with Crippen LogP contribution in [0.3, 0.4) is 0 Å². The third kappa shape index (κ3) is 2.91. The second kappa shape index (κ2) is 5.92. The van der Waals surface area contributed by atoms with Crippen LogP contribution in [-0.4, -0.2) is 15.7 Å². The number of halogens is 1. The van der Waals surface area contributed by atoms with Gasteiger partial charge in [-0.25, -0.2) is 9.07 Å². The van der Waals surface area contributed by atoms with Crippen LogP contribution in [0.4, 0.5) is 10.1 Å². The zero-order valence-corrected chi connectivity index (χ0v) is 12.3. The Morgan fingerprint density at radius 1 is 1.09 bits per heavy atom. The van der Waals surface area contributed by atoms with Crippen LogP contribution in [0.25, 0.3) is 5.69 Å². The molecule has 0 fully saturated rings. The molecule has 0 aliphatic heterocycles. The third-order valence-corrected chi connectivity index (χ3v) is 3.42. The summed E-state index contributed by atoms with van der Waals surface area (Å²) < 4.78 is 14.2. The molecule has 3 aromatic rings. The number of anilines is 1. The number of hydrogen-bond acceptors (Lipinski definition) is 2. The average Bonchev–Trinajstić information content (AvgIpc) is 2.85. The van der Waals surface area contributed by atoms with Crippen LogP contribution >= 0.6 is 0 Å². The van der Waals surface area contributed by atoms with Gasteiger partial charge in [0.2, 0.25) is 0 Å². The molecule has 0 aliphatic carbocycles. The van der Waals surface area contributed by atoms with Crippen LogP contribution in [-0.2, 0) is 0 Å². The van der Waals surface area contributed by atoms with Gasteiger partial charge in [-0.15, -0.1) is 0 Å². The first-order valence-electron chi connectivity index (χ1n) is 7.00. The van der Waals surface area contributed by atoms with E-state index in [9.17, 15) is 14.0 Å². The summed E-state index contributed by atoms with van der Waals surface area (Å²) in [5.41, 5.74) is 1.11. The number of nitrogens with zero attached hydrogens (tertiary/aromatic N) is 1. The summed E-state index contributed by atoms with van der Waals surface area (Å²) in [5, 5.41) is 5.48. The second-order valence-electron chi connectivity index (χ2n) is 5.05. The Balaban J connectivity index is 1.94. The van der Waals surface area contributed by atoms with Crippen LogP contribution < -0.4 is 10.9 Å². The number of rotatable bonds is 3. The topological polar surface area (TPSA) is 66.9 Å². The largest absolute Gasteiger partial charge is 0.322 e. The van der Waals surface area contributed by atoms with Gasteiger partial charge in [-0.05, 0) is 43.3 Å². The van der Waals surface area contributed by atoms with Crippen molar-refractivity contribution in [3.63, 3.8) is 0 Å². The molecule has 1 heterocycles. The second-order valence-corrected chi connectivity index (χ2v) is 5.05. The maximum Gasteiger partial charge on any atom is 0.284 e. The van der Waals surface area contributed by atoms with Gasteiger partial charge in [0.15, 0.2) is 0 Å². The molecule has 2 N–H and O–H groups in total. The SMILES string of the molecule is Cc1[nH]n(-c2ccccc2)c(=O)c1C(=O)Nc1ccc(F)cc1. The predicted molar refractivity (Wildman–Crippen MR) is 85.5 cm³/mol. The molecule has 0 spiro atoms. The number of aryl methyl sites for hydroxylation is 1. The molecule has 0 atom stereocenters. The Labute approximate surface area is 131 Å². The number of aromatic nitrogens is 2. The molecule has 5 nitrogen and oxygen atoms in total.